The van der Waals surface area contributed by atoms with Gasteiger partial charge >= 0.3 is 13.6 Å². The SMILES string of the molecule is COC(=O)c1cc(P(=O)(OCc2ccccc2)OCc2ccccc2)c(OC)cc1O. The molecule has 0 saturated carbocycles. The number of benzene rings is 3. The third-order valence-electron chi connectivity index (χ3n) is 4.49. The number of hydrogen-bond acceptors (Lipinski definition) is 7. The lowest BCUT2D eigenvalue weighted by Gasteiger charge is -2.22. The van der Waals surface area contributed by atoms with Crippen molar-refractivity contribution < 1.29 is 33.0 Å². The average Bonchev–Trinajstić information content (AvgIpc) is 2.82. The second-order valence-corrected chi connectivity index (χ2v) is 8.54. The number of carbonyl (C=O) groups excluding carboxylic acids is 1. The Hall–Kier alpha value is -3.12. The molecule has 3 aromatic carbocycles. The Morgan fingerprint density at radius 1 is 0.871 bits per heavy atom. The summed E-state index contributed by atoms with van der Waals surface area (Å²) in [6, 6.07) is 20.8. The number of esters is 1. The predicted molar refractivity (Wildman–Crippen MR) is 116 cm³/mol. The van der Waals surface area contributed by atoms with E-state index in [0.717, 1.165) is 11.1 Å². The number of phenolic OH excluding ortho intramolecular Hbond substituents is 1. The summed E-state index contributed by atoms with van der Waals surface area (Å²) >= 11 is 0. The molecule has 0 aliphatic carbocycles. The van der Waals surface area contributed by atoms with Crippen LogP contribution < -0.4 is 10.0 Å². The zero-order chi connectivity index (χ0) is 22.3. The Labute approximate surface area is 180 Å². The lowest BCUT2D eigenvalue weighted by Crippen LogP contribution is -2.16. The normalized spacial score (nSPS) is 11.2. The number of hydrogen-bond donors (Lipinski definition) is 1. The van der Waals surface area contributed by atoms with Gasteiger partial charge in [-0.2, -0.15) is 0 Å². The van der Waals surface area contributed by atoms with Crippen LogP contribution in [0.1, 0.15) is 21.5 Å². The van der Waals surface area contributed by atoms with E-state index in [1.165, 1.54) is 26.4 Å². The highest BCUT2D eigenvalue weighted by atomic mass is 31.2. The van der Waals surface area contributed by atoms with Crippen molar-refractivity contribution in [2.24, 2.45) is 0 Å². The second-order valence-electron chi connectivity index (χ2n) is 6.55. The summed E-state index contributed by atoms with van der Waals surface area (Å²) in [5.41, 5.74) is 1.40. The van der Waals surface area contributed by atoms with E-state index >= 15 is 0 Å². The predicted octanol–water partition coefficient (Wildman–Crippen LogP) is 4.44. The van der Waals surface area contributed by atoms with E-state index in [9.17, 15) is 14.5 Å². The highest BCUT2D eigenvalue weighted by Gasteiger charge is 2.34. The van der Waals surface area contributed by atoms with Crippen LogP contribution in [0.4, 0.5) is 0 Å². The molecule has 0 aromatic heterocycles. The van der Waals surface area contributed by atoms with E-state index in [2.05, 4.69) is 0 Å². The maximum Gasteiger partial charge on any atom is 0.365 e. The van der Waals surface area contributed by atoms with Gasteiger partial charge in [0.25, 0.3) is 0 Å². The number of methoxy groups -OCH3 is 2. The molecule has 0 unspecified atom stereocenters. The summed E-state index contributed by atoms with van der Waals surface area (Å²) in [7, 11) is -1.46. The van der Waals surface area contributed by atoms with Gasteiger partial charge in [-0.15, -0.1) is 0 Å². The van der Waals surface area contributed by atoms with Crippen LogP contribution in [0.5, 0.6) is 11.5 Å². The van der Waals surface area contributed by atoms with Crippen molar-refractivity contribution in [2.45, 2.75) is 13.2 Å². The molecule has 0 spiro atoms. The Kier molecular flexibility index (Phi) is 7.47. The van der Waals surface area contributed by atoms with Crippen LogP contribution in [0.15, 0.2) is 72.8 Å². The molecular formula is C23H23O7P. The number of aromatic hydroxyl groups is 1. The van der Waals surface area contributed by atoms with Gasteiger partial charge < -0.3 is 23.6 Å². The maximum atomic E-state index is 14.0. The average molecular weight is 442 g/mol. The van der Waals surface area contributed by atoms with Crippen molar-refractivity contribution in [1.82, 2.24) is 0 Å². The minimum absolute atomic E-state index is 0.00446. The Bertz CT molecular complexity index is 1020. The molecule has 3 aromatic rings. The van der Waals surface area contributed by atoms with Crippen LogP contribution in [0, 0.1) is 0 Å². The quantitative estimate of drug-likeness (QED) is 0.387. The molecule has 0 bridgehead atoms. The van der Waals surface area contributed by atoms with E-state index in [1.807, 2.05) is 60.7 Å². The fourth-order valence-corrected chi connectivity index (χ4v) is 4.56. The molecule has 7 nitrogen and oxygen atoms in total. The fourth-order valence-electron chi connectivity index (χ4n) is 2.85. The third-order valence-corrected chi connectivity index (χ3v) is 6.36. The van der Waals surface area contributed by atoms with Gasteiger partial charge in [0.2, 0.25) is 0 Å². The number of carbonyl (C=O) groups is 1. The van der Waals surface area contributed by atoms with Crippen LogP contribution in [-0.2, 0) is 31.6 Å². The largest absolute Gasteiger partial charge is 0.507 e. The summed E-state index contributed by atoms with van der Waals surface area (Å²) in [4.78, 5) is 12.1. The molecule has 31 heavy (non-hydrogen) atoms. The molecule has 3 rings (SSSR count). The summed E-state index contributed by atoms with van der Waals surface area (Å²) < 4.78 is 35.6. The fraction of sp³-hybridized carbons (Fsp3) is 0.174. The highest BCUT2D eigenvalue weighted by molar-refractivity contribution is 7.62. The molecule has 162 valence electrons. The maximum absolute atomic E-state index is 14.0. The van der Waals surface area contributed by atoms with E-state index in [0.29, 0.717) is 0 Å². The minimum atomic E-state index is -4.00. The van der Waals surface area contributed by atoms with E-state index in [4.69, 9.17) is 18.5 Å². The van der Waals surface area contributed by atoms with Gasteiger partial charge in [-0.3, -0.25) is 4.57 Å². The molecule has 0 heterocycles. The summed E-state index contributed by atoms with van der Waals surface area (Å²) in [6.07, 6.45) is 0. The number of rotatable bonds is 9. The van der Waals surface area contributed by atoms with E-state index in [1.54, 1.807) is 0 Å². The topological polar surface area (TPSA) is 91.3 Å². The first-order chi connectivity index (χ1) is 15.0. The van der Waals surface area contributed by atoms with Crippen molar-refractivity contribution >= 4 is 18.9 Å². The highest BCUT2D eigenvalue weighted by Crippen LogP contribution is 2.51. The summed E-state index contributed by atoms with van der Waals surface area (Å²) in [5, 5.41) is 10.2. The molecule has 0 radical (unpaired) electrons. The monoisotopic (exact) mass is 442 g/mol. The van der Waals surface area contributed by atoms with E-state index in [-0.39, 0.29) is 35.6 Å². The third kappa shape index (κ3) is 5.52. The smallest absolute Gasteiger partial charge is 0.365 e. The van der Waals surface area contributed by atoms with Crippen molar-refractivity contribution in [1.29, 1.82) is 0 Å². The van der Waals surface area contributed by atoms with Gasteiger partial charge in [0.05, 0.1) is 27.4 Å². The Balaban J connectivity index is 2.01. The minimum Gasteiger partial charge on any atom is -0.507 e. The van der Waals surface area contributed by atoms with Crippen LogP contribution >= 0.6 is 7.60 Å². The zero-order valence-corrected chi connectivity index (χ0v) is 18.1. The summed E-state index contributed by atoms with van der Waals surface area (Å²) in [5.74, 6) is -1.10. The van der Waals surface area contributed by atoms with Gasteiger partial charge in [-0.1, -0.05) is 60.7 Å². The van der Waals surface area contributed by atoms with E-state index < -0.39 is 13.6 Å². The van der Waals surface area contributed by atoms with Crippen molar-refractivity contribution in [3.05, 3.63) is 89.5 Å². The lowest BCUT2D eigenvalue weighted by molar-refractivity contribution is 0.0597. The molecule has 0 fully saturated rings. The van der Waals surface area contributed by atoms with Crippen molar-refractivity contribution in [2.75, 3.05) is 14.2 Å². The molecule has 0 aliphatic rings. The number of phenols is 1. The van der Waals surface area contributed by atoms with Gasteiger partial charge in [0, 0.05) is 6.07 Å². The van der Waals surface area contributed by atoms with Crippen LogP contribution in [0.3, 0.4) is 0 Å². The first-order valence-corrected chi connectivity index (χ1v) is 11.0. The van der Waals surface area contributed by atoms with Gasteiger partial charge in [0.1, 0.15) is 22.4 Å². The first-order valence-electron chi connectivity index (χ1n) is 9.43. The standard InChI is InChI=1S/C23H23O7P/c1-27-21-14-20(24)19(23(25)28-2)13-22(21)31(26,29-15-17-9-5-3-6-10-17)30-16-18-11-7-4-8-12-18/h3-14,24H,15-16H2,1-2H3. The van der Waals surface area contributed by atoms with Gasteiger partial charge in [-0.05, 0) is 17.2 Å². The van der Waals surface area contributed by atoms with Gasteiger partial charge in [0.15, 0.2) is 0 Å². The molecule has 0 aliphatic heterocycles. The van der Waals surface area contributed by atoms with Crippen LogP contribution in [-0.4, -0.2) is 25.3 Å². The second kappa shape index (κ2) is 10.3. The Morgan fingerprint density at radius 2 is 1.39 bits per heavy atom. The first kappa shape index (κ1) is 22.6. The molecule has 0 atom stereocenters. The van der Waals surface area contributed by atoms with Gasteiger partial charge in [-0.25, -0.2) is 4.79 Å². The number of ether oxygens (including phenoxy) is 2. The van der Waals surface area contributed by atoms with Crippen molar-refractivity contribution in [3.8, 4) is 11.5 Å². The molecule has 1 N–H and O–H groups in total. The van der Waals surface area contributed by atoms with Crippen molar-refractivity contribution in [3.63, 3.8) is 0 Å². The molecular weight excluding hydrogens is 419 g/mol. The lowest BCUT2D eigenvalue weighted by atomic mass is 10.2. The Morgan fingerprint density at radius 3 is 1.84 bits per heavy atom. The molecule has 0 saturated heterocycles. The molecule has 0 amide bonds. The van der Waals surface area contributed by atoms with Crippen LogP contribution in [0.2, 0.25) is 0 Å². The summed E-state index contributed by atoms with van der Waals surface area (Å²) in [6.45, 7) is 0.00892. The van der Waals surface area contributed by atoms with Crippen LogP contribution in [0.25, 0.3) is 0 Å². The molecule has 8 heteroatoms. The zero-order valence-electron chi connectivity index (χ0n) is 17.2.